The fourth-order valence-electron chi connectivity index (χ4n) is 1.64. The molecule has 0 unspecified atom stereocenters. The average molecular weight is 304 g/mol. The zero-order valence-corrected chi connectivity index (χ0v) is 10.2. The number of hydrogen-bond acceptors (Lipinski definition) is 4. The van der Waals surface area contributed by atoms with Crippen molar-refractivity contribution in [1.82, 2.24) is 15.5 Å². The number of piperazine rings is 1. The molecule has 1 aromatic rings. The van der Waals surface area contributed by atoms with Gasteiger partial charge < -0.3 is 10.2 Å². The van der Waals surface area contributed by atoms with Gasteiger partial charge in [-0.2, -0.15) is 0 Å². The molecule has 4 nitrogen and oxygen atoms in total. The number of anilines is 1. The Morgan fingerprint density at radius 3 is 3.00 bits per heavy atom. The zero-order valence-electron chi connectivity index (χ0n) is 8.07. The Morgan fingerprint density at radius 1 is 1.50 bits per heavy atom. The van der Waals surface area contributed by atoms with Crippen LogP contribution in [0.4, 0.5) is 5.82 Å². The number of aromatic nitrogens is 2. The van der Waals surface area contributed by atoms with Crippen molar-refractivity contribution < 1.29 is 0 Å². The van der Waals surface area contributed by atoms with Crippen LogP contribution in [0.2, 0.25) is 0 Å². The van der Waals surface area contributed by atoms with Crippen LogP contribution in [0.3, 0.4) is 0 Å². The van der Waals surface area contributed by atoms with Crippen LogP contribution >= 0.6 is 22.6 Å². The number of rotatable bonds is 1. The van der Waals surface area contributed by atoms with Gasteiger partial charge in [-0.3, -0.25) is 0 Å². The van der Waals surface area contributed by atoms with Crippen molar-refractivity contribution >= 4 is 28.4 Å². The van der Waals surface area contributed by atoms with Crippen molar-refractivity contribution in [3.05, 3.63) is 15.8 Å². The summed E-state index contributed by atoms with van der Waals surface area (Å²) in [6.07, 6.45) is 0. The van der Waals surface area contributed by atoms with Crippen molar-refractivity contribution in [1.29, 1.82) is 0 Å². The third kappa shape index (κ3) is 2.14. The molecule has 1 fully saturated rings. The fraction of sp³-hybridized carbons (Fsp3) is 0.556. The Kier molecular flexibility index (Phi) is 3.17. The lowest BCUT2D eigenvalue weighted by Crippen LogP contribution is -2.50. The second-order valence-electron chi connectivity index (χ2n) is 3.46. The predicted molar refractivity (Wildman–Crippen MR) is 64.4 cm³/mol. The van der Waals surface area contributed by atoms with Gasteiger partial charge in [0, 0.05) is 25.7 Å². The first-order valence-electron chi connectivity index (χ1n) is 4.74. The molecule has 0 aliphatic carbocycles. The Morgan fingerprint density at radius 2 is 2.36 bits per heavy atom. The third-order valence-corrected chi connectivity index (χ3v) is 2.99. The van der Waals surface area contributed by atoms with Crippen molar-refractivity contribution in [2.24, 2.45) is 0 Å². The van der Waals surface area contributed by atoms with Gasteiger partial charge in [0.25, 0.3) is 0 Å². The maximum atomic E-state index is 4.19. The van der Waals surface area contributed by atoms with E-state index in [1.54, 1.807) is 0 Å². The highest BCUT2D eigenvalue weighted by atomic mass is 127. The Labute approximate surface area is 97.2 Å². The average Bonchev–Trinajstić information content (AvgIpc) is 2.20. The molecule has 2 rings (SSSR count). The van der Waals surface area contributed by atoms with Gasteiger partial charge in [0.1, 0.15) is 3.70 Å². The molecule has 76 valence electrons. The molecule has 1 aromatic heterocycles. The summed E-state index contributed by atoms with van der Waals surface area (Å²) in [6.45, 7) is 5.26. The summed E-state index contributed by atoms with van der Waals surface area (Å²) in [5.74, 6) is 0.986. The Balaban J connectivity index is 2.16. The van der Waals surface area contributed by atoms with Gasteiger partial charge in [0.2, 0.25) is 0 Å². The van der Waals surface area contributed by atoms with E-state index >= 15 is 0 Å². The number of nitrogens with one attached hydrogen (secondary N) is 1. The van der Waals surface area contributed by atoms with Gasteiger partial charge in [0.05, 0.1) is 0 Å². The summed E-state index contributed by atoms with van der Waals surface area (Å²) in [5, 5.41) is 11.6. The van der Waals surface area contributed by atoms with E-state index in [4.69, 9.17) is 0 Å². The van der Waals surface area contributed by atoms with E-state index in [2.05, 4.69) is 49.9 Å². The van der Waals surface area contributed by atoms with Gasteiger partial charge in [-0.05, 0) is 41.6 Å². The lowest BCUT2D eigenvalue weighted by molar-refractivity contribution is 0.495. The van der Waals surface area contributed by atoms with E-state index in [-0.39, 0.29) is 0 Å². The largest absolute Gasteiger partial charge is 0.350 e. The lowest BCUT2D eigenvalue weighted by Gasteiger charge is -2.34. The second-order valence-corrected chi connectivity index (χ2v) is 4.57. The fourth-order valence-corrected chi connectivity index (χ4v) is 1.93. The Bertz CT molecular complexity index is 300. The van der Waals surface area contributed by atoms with E-state index < -0.39 is 0 Å². The Hall–Kier alpha value is -0.430. The van der Waals surface area contributed by atoms with Crippen molar-refractivity contribution in [3.63, 3.8) is 0 Å². The van der Waals surface area contributed by atoms with E-state index in [1.807, 2.05) is 12.1 Å². The smallest absolute Gasteiger partial charge is 0.151 e. The predicted octanol–water partition coefficient (Wildman–Crippen LogP) is 0.879. The van der Waals surface area contributed by atoms with Gasteiger partial charge in [-0.25, -0.2) is 0 Å². The van der Waals surface area contributed by atoms with Gasteiger partial charge in [-0.1, -0.05) is 0 Å². The monoisotopic (exact) mass is 304 g/mol. The first-order valence-corrected chi connectivity index (χ1v) is 5.82. The van der Waals surface area contributed by atoms with Crippen LogP contribution in [0.25, 0.3) is 0 Å². The molecule has 1 aliphatic heterocycles. The molecule has 2 heterocycles. The molecule has 1 saturated heterocycles. The third-order valence-electron chi connectivity index (χ3n) is 2.41. The highest BCUT2D eigenvalue weighted by Crippen LogP contribution is 2.14. The quantitative estimate of drug-likeness (QED) is 0.782. The summed E-state index contributed by atoms with van der Waals surface area (Å²) >= 11 is 2.17. The highest BCUT2D eigenvalue weighted by Gasteiger charge is 2.19. The van der Waals surface area contributed by atoms with Gasteiger partial charge >= 0.3 is 0 Å². The van der Waals surface area contributed by atoms with E-state index in [9.17, 15) is 0 Å². The van der Waals surface area contributed by atoms with Crippen LogP contribution in [0, 0.1) is 3.70 Å². The summed E-state index contributed by atoms with van der Waals surface area (Å²) in [7, 11) is 0. The van der Waals surface area contributed by atoms with Crippen LogP contribution in [0.15, 0.2) is 12.1 Å². The molecular formula is C9H13IN4. The van der Waals surface area contributed by atoms with Crippen molar-refractivity contribution in [2.75, 3.05) is 24.5 Å². The molecule has 0 radical (unpaired) electrons. The number of nitrogens with zero attached hydrogens (tertiary/aromatic N) is 3. The maximum Gasteiger partial charge on any atom is 0.151 e. The number of hydrogen-bond donors (Lipinski definition) is 1. The molecule has 5 heteroatoms. The summed E-state index contributed by atoms with van der Waals surface area (Å²) < 4.78 is 0.939. The topological polar surface area (TPSA) is 41.0 Å². The van der Waals surface area contributed by atoms with Crippen LogP contribution in [-0.4, -0.2) is 35.9 Å². The minimum atomic E-state index is 0.498. The summed E-state index contributed by atoms with van der Waals surface area (Å²) in [4.78, 5) is 2.29. The summed E-state index contributed by atoms with van der Waals surface area (Å²) in [5.41, 5.74) is 0. The molecule has 1 atom stereocenters. The van der Waals surface area contributed by atoms with Gasteiger partial charge in [0.15, 0.2) is 5.82 Å². The molecular weight excluding hydrogens is 291 g/mol. The van der Waals surface area contributed by atoms with Gasteiger partial charge in [-0.15, -0.1) is 10.2 Å². The van der Waals surface area contributed by atoms with E-state index in [0.29, 0.717) is 6.04 Å². The number of halogens is 1. The minimum absolute atomic E-state index is 0.498. The summed E-state index contributed by atoms with van der Waals surface area (Å²) in [6, 6.07) is 4.53. The standard InChI is InChI=1S/C9H13IN4/c1-7-6-11-4-5-14(7)9-3-2-8(10)12-13-9/h2-3,7,11H,4-6H2,1H3/t7-/m1/s1. The van der Waals surface area contributed by atoms with Crippen molar-refractivity contribution in [3.8, 4) is 0 Å². The molecule has 0 amide bonds. The SMILES string of the molecule is C[C@@H]1CNCCN1c1ccc(I)nn1. The van der Waals surface area contributed by atoms with Crippen LogP contribution in [0.1, 0.15) is 6.92 Å². The molecule has 1 N–H and O–H groups in total. The maximum absolute atomic E-state index is 4.19. The zero-order chi connectivity index (χ0) is 9.97. The molecule has 0 saturated carbocycles. The molecule has 14 heavy (non-hydrogen) atoms. The van der Waals surface area contributed by atoms with Crippen LogP contribution in [0.5, 0.6) is 0 Å². The van der Waals surface area contributed by atoms with E-state index in [1.165, 1.54) is 0 Å². The lowest BCUT2D eigenvalue weighted by atomic mass is 10.2. The molecule has 0 bridgehead atoms. The van der Waals surface area contributed by atoms with Crippen LogP contribution in [-0.2, 0) is 0 Å². The normalized spacial score (nSPS) is 22.4. The first kappa shape index (κ1) is 10.1. The molecule has 0 aromatic carbocycles. The van der Waals surface area contributed by atoms with Crippen LogP contribution < -0.4 is 10.2 Å². The highest BCUT2D eigenvalue weighted by molar-refractivity contribution is 14.1. The minimum Gasteiger partial charge on any atom is -0.350 e. The second kappa shape index (κ2) is 4.39. The van der Waals surface area contributed by atoms with E-state index in [0.717, 1.165) is 29.2 Å². The first-order chi connectivity index (χ1) is 6.77. The molecule has 1 aliphatic rings. The van der Waals surface area contributed by atoms with Crippen molar-refractivity contribution in [2.45, 2.75) is 13.0 Å². The molecule has 0 spiro atoms.